The van der Waals surface area contributed by atoms with Crippen LogP contribution in [0.3, 0.4) is 0 Å². The highest BCUT2D eigenvalue weighted by atomic mass is 127. The lowest BCUT2D eigenvalue weighted by atomic mass is 9.88. The summed E-state index contributed by atoms with van der Waals surface area (Å²) in [5, 5.41) is 3.49. The predicted molar refractivity (Wildman–Crippen MR) is 141 cm³/mol. The van der Waals surface area contributed by atoms with Crippen LogP contribution < -0.4 is 14.8 Å². The highest BCUT2D eigenvalue weighted by Crippen LogP contribution is 2.32. The van der Waals surface area contributed by atoms with E-state index in [9.17, 15) is 0 Å². The Hall–Kier alpha value is -1.26. The molecule has 8 heteroatoms. The molecular formula is C24H41IN4O3. The van der Waals surface area contributed by atoms with Gasteiger partial charge >= 0.3 is 0 Å². The number of hydrogen-bond donors (Lipinski definition) is 1. The van der Waals surface area contributed by atoms with Gasteiger partial charge in [0.05, 0.1) is 20.8 Å². The Labute approximate surface area is 210 Å². The summed E-state index contributed by atoms with van der Waals surface area (Å²) in [5.41, 5.74) is 1.37. The first kappa shape index (κ1) is 27.0. The van der Waals surface area contributed by atoms with Gasteiger partial charge in [0.2, 0.25) is 0 Å². The summed E-state index contributed by atoms with van der Waals surface area (Å²) in [6, 6.07) is 6.13. The molecule has 7 nitrogen and oxygen atoms in total. The Morgan fingerprint density at radius 2 is 1.84 bits per heavy atom. The molecule has 2 fully saturated rings. The van der Waals surface area contributed by atoms with Crippen LogP contribution in [0, 0.1) is 0 Å². The Balaban J connectivity index is 0.00000363. The van der Waals surface area contributed by atoms with Crippen molar-refractivity contribution in [3.8, 4) is 11.5 Å². The maximum absolute atomic E-state index is 5.69. The maximum Gasteiger partial charge on any atom is 0.193 e. The van der Waals surface area contributed by atoms with Crippen LogP contribution in [0.2, 0.25) is 0 Å². The summed E-state index contributed by atoms with van der Waals surface area (Å²) >= 11 is 0. The van der Waals surface area contributed by atoms with E-state index in [1.807, 2.05) is 6.07 Å². The number of aliphatic imine (C=N–C) groups is 1. The number of hydrogen-bond acceptors (Lipinski definition) is 5. The fraction of sp³-hybridized carbons (Fsp3) is 0.708. The highest BCUT2D eigenvalue weighted by Gasteiger charge is 2.39. The van der Waals surface area contributed by atoms with Crippen LogP contribution in [-0.4, -0.2) is 88.5 Å². The van der Waals surface area contributed by atoms with Gasteiger partial charge in [0, 0.05) is 38.9 Å². The van der Waals surface area contributed by atoms with Gasteiger partial charge in [-0.05, 0) is 69.8 Å². The number of guanidine groups is 1. The van der Waals surface area contributed by atoms with Crippen molar-refractivity contribution >= 4 is 29.9 Å². The van der Waals surface area contributed by atoms with Crippen molar-refractivity contribution in [2.45, 2.75) is 44.6 Å². The Morgan fingerprint density at radius 3 is 2.47 bits per heavy atom. The third-order valence-electron chi connectivity index (χ3n) is 6.60. The van der Waals surface area contributed by atoms with Crippen LogP contribution >= 0.6 is 24.0 Å². The zero-order valence-electron chi connectivity index (χ0n) is 20.2. The van der Waals surface area contributed by atoms with Gasteiger partial charge in [-0.15, -0.1) is 24.0 Å². The maximum atomic E-state index is 5.69. The summed E-state index contributed by atoms with van der Waals surface area (Å²) < 4.78 is 16.5. The van der Waals surface area contributed by atoms with E-state index in [0.29, 0.717) is 0 Å². The molecule has 0 bridgehead atoms. The number of likely N-dealkylation sites (N-methyl/N-ethyl adjacent to an activating group) is 1. The second kappa shape index (κ2) is 13.4. The second-order valence-corrected chi connectivity index (χ2v) is 8.56. The summed E-state index contributed by atoms with van der Waals surface area (Å²) in [5.74, 6) is 2.52. The lowest BCUT2D eigenvalue weighted by Gasteiger charge is -2.43. The average Bonchev–Trinajstić information content (AvgIpc) is 3.36. The molecule has 1 aromatic carbocycles. The Morgan fingerprint density at radius 1 is 1.16 bits per heavy atom. The molecule has 2 aliphatic rings. The van der Waals surface area contributed by atoms with Crippen LogP contribution in [0.4, 0.5) is 0 Å². The van der Waals surface area contributed by atoms with Crippen LogP contribution in [0.15, 0.2) is 23.2 Å². The van der Waals surface area contributed by atoms with E-state index >= 15 is 0 Å². The van der Waals surface area contributed by atoms with E-state index in [1.54, 1.807) is 14.2 Å². The van der Waals surface area contributed by atoms with E-state index in [-0.39, 0.29) is 29.5 Å². The number of ether oxygens (including phenoxy) is 3. The van der Waals surface area contributed by atoms with Crippen molar-refractivity contribution in [1.29, 1.82) is 0 Å². The van der Waals surface area contributed by atoms with Gasteiger partial charge in [-0.1, -0.05) is 6.07 Å². The SMILES string of the molecule is CCNC(=NCC1(N2CCCC2)CCOCC1)N(C)CCc1ccc(OC)c(OC)c1.I. The predicted octanol–water partition coefficient (Wildman–Crippen LogP) is 3.41. The molecule has 0 amide bonds. The molecule has 2 saturated heterocycles. The first-order valence-electron chi connectivity index (χ1n) is 11.6. The van der Waals surface area contributed by atoms with Gasteiger partial charge in [0.1, 0.15) is 0 Å². The van der Waals surface area contributed by atoms with Crippen LogP contribution in [-0.2, 0) is 11.2 Å². The molecule has 3 rings (SSSR count). The number of nitrogens with one attached hydrogen (secondary N) is 1. The molecule has 0 unspecified atom stereocenters. The van der Waals surface area contributed by atoms with E-state index in [2.05, 4.69) is 41.2 Å². The lowest BCUT2D eigenvalue weighted by Crippen LogP contribution is -2.54. The molecule has 2 heterocycles. The zero-order valence-corrected chi connectivity index (χ0v) is 22.5. The van der Waals surface area contributed by atoms with Crippen LogP contribution in [0.5, 0.6) is 11.5 Å². The second-order valence-electron chi connectivity index (χ2n) is 8.56. The van der Waals surface area contributed by atoms with Gasteiger partial charge in [0.15, 0.2) is 17.5 Å². The van der Waals surface area contributed by atoms with E-state index in [1.165, 1.54) is 31.5 Å². The largest absolute Gasteiger partial charge is 0.493 e. The van der Waals surface area contributed by atoms with Crippen molar-refractivity contribution in [3.05, 3.63) is 23.8 Å². The fourth-order valence-corrected chi connectivity index (χ4v) is 4.65. The molecule has 2 aliphatic heterocycles. The molecule has 0 atom stereocenters. The minimum atomic E-state index is 0. The third-order valence-corrected chi connectivity index (χ3v) is 6.60. The normalized spacial score (nSPS) is 18.7. The first-order chi connectivity index (χ1) is 15.1. The standard InChI is InChI=1S/C24H40N4O3.HI/c1-5-25-23(26-19-24(11-16-31-17-12-24)28-13-6-7-14-28)27(2)15-10-20-8-9-21(29-3)22(18-20)30-4;/h8-9,18H,5-7,10-17,19H2,1-4H3,(H,25,26);1H. The fourth-order valence-electron chi connectivity index (χ4n) is 4.65. The van der Waals surface area contributed by atoms with E-state index in [0.717, 1.165) is 69.6 Å². The number of benzene rings is 1. The Kier molecular flexibility index (Phi) is 11.3. The highest BCUT2D eigenvalue weighted by molar-refractivity contribution is 14.0. The monoisotopic (exact) mass is 560 g/mol. The molecule has 0 saturated carbocycles. The number of likely N-dealkylation sites (tertiary alicyclic amines) is 1. The number of methoxy groups -OCH3 is 2. The summed E-state index contributed by atoms with van der Waals surface area (Å²) in [7, 11) is 5.46. The molecule has 0 aliphatic carbocycles. The average molecular weight is 561 g/mol. The van der Waals surface area contributed by atoms with Crippen molar-refractivity contribution < 1.29 is 14.2 Å². The molecule has 0 spiro atoms. The minimum absolute atomic E-state index is 0. The van der Waals surface area contributed by atoms with Crippen molar-refractivity contribution in [2.24, 2.45) is 4.99 Å². The minimum Gasteiger partial charge on any atom is -0.493 e. The molecule has 182 valence electrons. The van der Waals surface area contributed by atoms with Gasteiger partial charge in [-0.25, -0.2) is 0 Å². The molecule has 0 aromatic heterocycles. The number of halogens is 1. The summed E-state index contributed by atoms with van der Waals surface area (Å²) in [6.45, 7) is 8.78. The van der Waals surface area contributed by atoms with Crippen molar-refractivity contribution in [2.75, 3.05) is 67.2 Å². The van der Waals surface area contributed by atoms with Gasteiger partial charge in [0.25, 0.3) is 0 Å². The zero-order chi connectivity index (χ0) is 22.1. The van der Waals surface area contributed by atoms with Crippen molar-refractivity contribution in [1.82, 2.24) is 15.1 Å². The molecule has 0 radical (unpaired) electrons. The molecule has 1 aromatic rings. The lowest BCUT2D eigenvalue weighted by molar-refractivity contribution is -0.0139. The third kappa shape index (κ3) is 6.87. The van der Waals surface area contributed by atoms with Gasteiger partial charge in [-0.2, -0.15) is 0 Å². The quantitative estimate of drug-likeness (QED) is 0.284. The van der Waals surface area contributed by atoms with Crippen LogP contribution in [0.25, 0.3) is 0 Å². The molecule has 1 N–H and O–H groups in total. The van der Waals surface area contributed by atoms with E-state index < -0.39 is 0 Å². The summed E-state index contributed by atoms with van der Waals surface area (Å²) in [6.07, 6.45) is 5.66. The summed E-state index contributed by atoms with van der Waals surface area (Å²) in [4.78, 5) is 10.0. The van der Waals surface area contributed by atoms with E-state index in [4.69, 9.17) is 19.2 Å². The van der Waals surface area contributed by atoms with Gasteiger partial charge in [-0.3, -0.25) is 9.89 Å². The first-order valence-corrected chi connectivity index (χ1v) is 11.6. The number of rotatable bonds is 9. The van der Waals surface area contributed by atoms with Crippen LogP contribution in [0.1, 0.15) is 38.2 Å². The van der Waals surface area contributed by atoms with Crippen molar-refractivity contribution in [3.63, 3.8) is 0 Å². The molecule has 32 heavy (non-hydrogen) atoms. The molecular weight excluding hydrogens is 519 g/mol. The van der Waals surface area contributed by atoms with Gasteiger partial charge < -0.3 is 24.4 Å². The number of nitrogens with zero attached hydrogens (tertiary/aromatic N) is 3. The topological polar surface area (TPSA) is 58.6 Å². The smallest absolute Gasteiger partial charge is 0.193 e. The Bertz CT molecular complexity index is 719.